The van der Waals surface area contributed by atoms with Crippen molar-refractivity contribution in [2.75, 3.05) is 4.43 Å². The number of halogens is 1. The number of alkyl halides is 1. The van der Waals surface area contributed by atoms with Gasteiger partial charge in [0.15, 0.2) is 0 Å². The van der Waals surface area contributed by atoms with Crippen molar-refractivity contribution in [2.24, 2.45) is 0 Å². The fourth-order valence-corrected chi connectivity index (χ4v) is 0.956. The van der Waals surface area contributed by atoms with Crippen LogP contribution in [-0.2, 0) is 4.79 Å². The maximum atomic E-state index is 10.8. The zero-order valence-corrected chi connectivity index (χ0v) is 9.17. The average molecular weight is 308 g/mol. The molecular formula is C8H7INO4+. The molecule has 74 valence electrons. The second-order valence-electron chi connectivity index (χ2n) is 2.37. The van der Waals surface area contributed by atoms with E-state index in [-0.39, 0.29) is 21.0 Å². The Bertz CT molecular complexity index is 349. The van der Waals surface area contributed by atoms with Gasteiger partial charge in [0.05, 0.1) is 9.33 Å². The molecule has 1 rings (SSSR count). The number of carbonyl (C=O) groups excluding carboxylic acids is 1. The highest BCUT2D eigenvalue weighted by atomic mass is 127. The van der Waals surface area contributed by atoms with Crippen LogP contribution in [0, 0.1) is 4.91 Å². The van der Waals surface area contributed by atoms with Crippen LogP contribution in [-0.4, -0.2) is 20.5 Å². The molecule has 1 aromatic rings. The summed E-state index contributed by atoms with van der Waals surface area (Å²) in [4.78, 5) is 21.0. The Kier molecular flexibility index (Phi) is 3.81. The highest BCUT2D eigenvalue weighted by molar-refractivity contribution is 14.1. The maximum Gasteiger partial charge on any atom is 0.321 e. The van der Waals surface area contributed by atoms with E-state index in [1.165, 1.54) is 24.3 Å². The lowest BCUT2D eigenvalue weighted by Crippen LogP contribution is -2.08. The van der Waals surface area contributed by atoms with Crippen molar-refractivity contribution in [3.63, 3.8) is 0 Å². The quantitative estimate of drug-likeness (QED) is 0.304. The van der Waals surface area contributed by atoms with Crippen LogP contribution >= 0.6 is 22.6 Å². The summed E-state index contributed by atoms with van der Waals surface area (Å²) in [6.07, 6.45) is 0. The van der Waals surface area contributed by atoms with Crippen LogP contribution in [0.5, 0.6) is 5.75 Å². The Morgan fingerprint density at radius 1 is 1.43 bits per heavy atom. The van der Waals surface area contributed by atoms with Crippen LogP contribution in [0.3, 0.4) is 0 Å². The van der Waals surface area contributed by atoms with Gasteiger partial charge in [0.25, 0.3) is 4.92 Å². The Morgan fingerprint density at radius 3 is 2.43 bits per heavy atom. The lowest BCUT2D eigenvalue weighted by atomic mass is 10.3. The van der Waals surface area contributed by atoms with Crippen LogP contribution in [0.25, 0.3) is 0 Å². The molecule has 0 bridgehead atoms. The van der Waals surface area contributed by atoms with Crippen molar-refractivity contribution < 1.29 is 19.7 Å². The van der Waals surface area contributed by atoms with Crippen LogP contribution in [0.4, 0.5) is 5.69 Å². The number of carbonyl (C=O) groups is 1. The molecule has 0 radical (unpaired) electrons. The summed E-state index contributed by atoms with van der Waals surface area (Å²) in [6, 6.07) is 5.56. The summed E-state index contributed by atoms with van der Waals surface area (Å²) in [5, 5.41) is 8.51. The fraction of sp³-hybridized carbons (Fsp3) is 0.125. The second kappa shape index (κ2) is 4.89. The van der Waals surface area contributed by atoms with E-state index >= 15 is 0 Å². The van der Waals surface area contributed by atoms with Crippen molar-refractivity contribution in [1.29, 1.82) is 0 Å². The number of rotatable bonds is 3. The fourth-order valence-electron chi connectivity index (χ4n) is 0.800. The van der Waals surface area contributed by atoms with Crippen molar-refractivity contribution in [3.8, 4) is 5.75 Å². The lowest BCUT2D eigenvalue weighted by molar-refractivity contribution is -0.729. The van der Waals surface area contributed by atoms with E-state index in [0.717, 1.165) is 0 Å². The Hall–Kier alpha value is -1.18. The Balaban J connectivity index is 2.73. The average Bonchev–Trinajstić information content (AvgIpc) is 2.18. The van der Waals surface area contributed by atoms with Gasteiger partial charge in [-0.25, -0.2) is 5.21 Å². The number of benzene rings is 1. The largest absolute Gasteiger partial charge is 0.426 e. The van der Waals surface area contributed by atoms with E-state index in [4.69, 9.17) is 9.94 Å². The third-order valence-corrected chi connectivity index (χ3v) is 2.02. The monoisotopic (exact) mass is 308 g/mol. The van der Waals surface area contributed by atoms with E-state index in [0.29, 0.717) is 5.75 Å². The summed E-state index contributed by atoms with van der Waals surface area (Å²) in [5.74, 6) is -0.0152. The highest BCUT2D eigenvalue weighted by Crippen LogP contribution is 2.16. The molecule has 1 aromatic carbocycles. The molecule has 14 heavy (non-hydrogen) atoms. The van der Waals surface area contributed by atoms with E-state index in [1.807, 2.05) is 22.6 Å². The number of ether oxygens (including phenoxy) is 1. The molecule has 0 saturated heterocycles. The third-order valence-electron chi connectivity index (χ3n) is 1.40. The molecule has 0 unspecified atom stereocenters. The summed E-state index contributed by atoms with van der Waals surface area (Å²) >= 11 is 1.88. The van der Waals surface area contributed by atoms with Gasteiger partial charge in [0.2, 0.25) is 0 Å². The van der Waals surface area contributed by atoms with E-state index in [9.17, 15) is 9.70 Å². The summed E-state index contributed by atoms with van der Waals surface area (Å²) in [5.41, 5.74) is 0.0827. The van der Waals surface area contributed by atoms with Gasteiger partial charge in [-0.2, -0.15) is 0 Å². The first kappa shape index (κ1) is 10.9. The van der Waals surface area contributed by atoms with Gasteiger partial charge in [-0.15, -0.1) is 0 Å². The number of hydrogen-bond donors (Lipinski definition) is 1. The minimum absolute atomic E-state index is 0.0827. The molecule has 0 atom stereocenters. The molecule has 0 aliphatic heterocycles. The highest BCUT2D eigenvalue weighted by Gasteiger charge is 2.11. The summed E-state index contributed by atoms with van der Waals surface area (Å²) in [7, 11) is 0. The standard InChI is InChI=1S/C8H7INO4/c9-5-8(11)14-7-3-1-6(2-4-7)10(12)13/h1-4H,5H2,(H,12,13)/q+1. The third kappa shape index (κ3) is 2.95. The summed E-state index contributed by atoms with van der Waals surface area (Å²) in [6.45, 7) is 0. The molecule has 0 aliphatic rings. The lowest BCUT2D eigenvalue weighted by Gasteiger charge is -1.99. The smallest absolute Gasteiger partial charge is 0.321 e. The van der Waals surface area contributed by atoms with Crippen molar-refractivity contribution in [2.45, 2.75) is 0 Å². The van der Waals surface area contributed by atoms with Crippen molar-refractivity contribution in [1.82, 2.24) is 0 Å². The number of esters is 1. The molecule has 0 aromatic heterocycles. The normalized spacial score (nSPS) is 9.50. The van der Waals surface area contributed by atoms with Crippen molar-refractivity contribution >= 4 is 34.2 Å². The molecule has 0 aliphatic carbocycles. The van der Waals surface area contributed by atoms with Gasteiger partial charge in [-0.1, -0.05) is 22.6 Å². The van der Waals surface area contributed by atoms with Gasteiger partial charge >= 0.3 is 11.7 Å². The SMILES string of the molecule is O=C(CI)Oc1ccc([N+](=O)O)cc1. The minimum atomic E-state index is -0.360. The Morgan fingerprint density at radius 2 is 2.00 bits per heavy atom. The summed E-state index contributed by atoms with van der Waals surface area (Å²) < 4.78 is 5.11. The zero-order valence-electron chi connectivity index (χ0n) is 7.01. The van der Waals surface area contributed by atoms with E-state index < -0.39 is 0 Å². The Labute approximate surface area is 93.4 Å². The van der Waals surface area contributed by atoms with Gasteiger partial charge in [0.1, 0.15) is 5.75 Å². The molecule has 0 spiro atoms. The predicted octanol–water partition coefficient (Wildman–Crippen LogP) is 1.83. The van der Waals surface area contributed by atoms with Gasteiger partial charge < -0.3 is 4.74 Å². The van der Waals surface area contributed by atoms with Gasteiger partial charge in [-0.3, -0.25) is 4.79 Å². The number of hydrogen-bond acceptors (Lipinski definition) is 3. The van der Waals surface area contributed by atoms with Crippen molar-refractivity contribution in [3.05, 3.63) is 29.2 Å². The zero-order chi connectivity index (χ0) is 10.6. The first-order chi connectivity index (χ1) is 6.63. The molecule has 0 heterocycles. The first-order valence-corrected chi connectivity index (χ1v) is 5.19. The molecule has 0 fully saturated rings. The first-order valence-electron chi connectivity index (χ1n) is 3.66. The molecular weight excluding hydrogens is 301 g/mol. The van der Waals surface area contributed by atoms with Crippen LogP contribution < -0.4 is 4.74 Å². The molecule has 0 amide bonds. The van der Waals surface area contributed by atoms with Gasteiger partial charge in [-0.05, 0) is 12.1 Å². The van der Waals surface area contributed by atoms with E-state index in [1.54, 1.807) is 0 Å². The van der Waals surface area contributed by atoms with Crippen LogP contribution in [0.2, 0.25) is 0 Å². The molecule has 0 saturated carbocycles. The van der Waals surface area contributed by atoms with Crippen LogP contribution in [0.1, 0.15) is 0 Å². The second-order valence-corrected chi connectivity index (χ2v) is 3.14. The molecule has 1 N–H and O–H groups in total. The topological polar surface area (TPSA) is 66.6 Å². The molecule has 5 nitrogen and oxygen atoms in total. The van der Waals surface area contributed by atoms with Crippen LogP contribution in [0.15, 0.2) is 24.3 Å². The number of nitrogens with zero attached hydrogens (tertiary/aromatic N) is 1. The molecule has 6 heteroatoms. The minimum Gasteiger partial charge on any atom is -0.426 e. The predicted molar refractivity (Wildman–Crippen MR) is 56.0 cm³/mol. The van der Waals surface area contributed by atoms with E-state index in [2.05, 4.69) is 0 Å². The maximum absolute atomic E-state index is 10.8. The van der Waals surface area contributed by atoms with Gasteiger partial charge in [0, 0.05) is 12.1 Å².